The van der Waals surface area contributed by atoms with Crippen LogP contribution in [0.15, 0.2) is 24.3 Å². The van der Waals surface area contributed by atoms with Crippen molar-refractivity contribution in [2.24, 2.45) is 0 Å². The van der Waals surface area contributed by atoms with Gasteiger partial charge in [0.2, 0.25) is 11.8 Å². The van der Waals surface area contributed by atoms with Gasteiger partial charge in [-0.1, -0.05) is 39.8 Å². The monoisotopic (exact) mass is 467 g/mol. The van der Waals surface area contributed by atoms with E-state index in [2.05, 4.69) is 5.32 Å². The Morgan fingerprint density at radius 2 is 1.62 bits per heavy atom. The van der Waals surface area contributed by atoms with Crippen molar-refractivity contribution in [2.45, 2.75) is 60.3 Å². The molecule has 0 spiro atoms. The van der Waals surface area contributed by atoms with E-state index < -0.39 is 0 Å². The number of aromatic hydroxyl groups is 1. The highest BCUT2D eigenvalue weighted by molar-refractivity contribution is 6.04. The lowest BCUT2D eigenvalue weighted by Gasteiger charge is -2.28. The van der Waals surface area contributed by atoms with Gasteiger partial charge in [0.25, 0.3) is 5.91 Å². The number of hydrogen-bond acceptors (Lipinski definition) is 4. The fourth-order valence-corrected chi connectivity index (χ4v) is 4.09. The van der Waals surface area contributed by atoms with Crippen molar-refractivity contribution in [3.05, 3.63) is 52.1 Å². The SMILES string of the molecule is CCC(=O)N(CC(=O)Nc1cc(C(=O)N(C)C)ccc1C(C)(C)C)c1c(C)cc(C)c(O)c1C. The number of nitrogens with zero attached hydrogens (tertiary/aromatic N) is 2. The van der Waals surface area contributed by atoms with E-state index in [-0.39, 0.29) is 41.9 Å². The third-order valence-electron chi connectivity index (χ3n) is 5.82. The molecule has 34 heavy (non-hydrogen) atoms. The summed E-state index contributed by atoms with van der Waals surface area (Å²) in [6.45, 7) is 13.0. The van der Waals surface area contributed by atoms with Crippen LogP contribution >= 0.6 is 0 Å². The average molecular weight is 468 g/mol. The van der Waals surface area contributed by atoms with Crippen LogP contribution in [0.3, 0.4) is 0 Å². The molecule has 0 heterocycles. The molecule has 0 bridgehead atoms. The number of anilines is 2. The maximum atomic E-state index is 13.2. The molecule has 0 atom stereocenters. The van der Waals surface area contributed by atoms with Crippen molar-refractivity contribution in [2.75, 3.05) is 30.9 Å². The third kappa shape index (κ3) is 5.76. The fraction of sp³-hybridized carbons (Fsp3) is 0.444. The molecule has 184 valence electrons. The molecule has 2 rings (SSSR count). The molecule has 0 aliphatic carbocycles. The lowest BCUT2D eigenvalue weighted by molar-refractivity contribution is -0.121. The molecule has 0 saturated heterocycles. The lowest BCUT2D eigenvalue weighted by atomic mass is 9.85. The Bertz CT molecular complexity index is 1110. The minimum atomic E-state index is -0.388. The topological polar surface area (TPSA) is 90.0 Å². The van der Waals surface area contributed by atoms with Crippen molar-refractivity contribution in [3.8, 4) is 5.75 Å². The molecule has 7 nitrogen and oxygen atoms in total. The van der Waals surface area contributed by atoms with Crippen LogP contribution in [-0.2, 0) is 15.0 Å². The van der Waals surface area contributed by atoms with Gasteiger partial charge >= 0.3 is 0 Å². The summed E-state index contributed by atoms with van der Waals surface area (Å²) in [4.78, 5) is 41.5. The number of phenols is 1. The summed E-state index contributed by atoms with van der Waals surface area (Å²) in [5, 5.41) is 13.4. The van der Waals surface area contributed by atoms with Gasteiger partial charge in [0.05, 0.1) is 5.69 Å². The predicted molar refractivity (Wildman–Crippen MR) is 137 cm³/mol. The summed E-state index contributed by atoms with van der Waals surface area (Å²) < 4.78 is 0. The molecule has 0 aliphatic rings. The Balaban J connectivity index is 2.48. The number of carbonyl (C=O) groups is 3. The summed E-state index contributed by atoms with van der Waals surface area (Å²) in [7, 11) is 3.35. The number of benzene rings is 2. The minimum absolute atomic E-state index is 0.111. The predicted octanol–water partition coefficient (Wildman–Crippen LogP) is 4.70. The van der Waals surface area contributed by atoms with Gasteiger partial charge in [-0.05, 0) is 55.0 Å². The van der Waals surface area contributed by atoms with Gasteiger partial charge in [0.15, 0.2) is 0 Å². The largest absolute Gasteiger partial charge is 0.507 e. The molecule has 0 fully saturated rings. The van der Waals surface area contributed by atoms with Gasteiger partial charge in [0, 0.05) is 37.3 Å². The summed E-state index contributed by atoms with van der Waals surface area (Å²) in [5.41, 5.74) is 4.21. The summed E-state index contributed by atoms with van der Waals surface area (Å²) >= 11 is 0. The van der Waals surface area contributed by atoms with E-state index in [4.69, 9.17) is 0 Å². The Hall–Kier alpha value is -3.35. The number of hydrogen-bond donors (Lipinski definition) is 2. The van der Waals surface area contributed by atoms with Crippen molar-refractivity contribution in [3.63, 3.8) is 0 Å². The number of aryl methyl sites for hydroxylation is 2. The summed E-state index contributed by atoms with van der Waals surface area (Å²) in [6, 6.07) is 7.10. The van der Waals surface area contributed by atoms with Gasteiger partial charge in [-0.2, -0.15) is 0 Å². The van der Waals surface area contributed by atoms with Crippen LogP contribution in [0.25, 0.3) is 0 Å². The zero-order valence-corrected chi connectivity index (χ0v) is 21.8. The molecule has 2 aromatic carbocycles. The molecule has 0 saturated carbocycles. The van der Waals surface area contributed by atoms with Crippen molar-refractivity contribution in [1.29, 1.82) is 0 Å². The second-order valence-electron chi connectivity index (χ2n) is 9.92. The zero-order chi connectivity index (χ0) is 26.0. The van der Waals surface area contributed by atoms with E-state index in [1.54, 1.807) is 53.1 Å². The van der Waals surface area contributed by atoms with Crippen LogP contribution in [0.1, 0.15) is 66.7 Å². The molecular weight excluding hydrogens is 430 g/mol. The normalized spacial score (nSPS) is 11.2. The van der Waals surface area contributed by atoms with E-state index >= 15 is 0 Å². The molecule has 0 radical (unpaired) electrons. The first kappa shape index (κ1) is 26.9. The standard InChI is InChI=1S/C27H37N3O4/c1-10-23(32)30(24-16(2)13-17(3)25(33)18(24)4)15-22(31)28-21-14-19(26(34)29(8)9)11-12-20(21)27(5,6)7/h11-14,33H,10,15H2,1-9H3,(H,28,31). The molecular formula is C27H37N3O4. The van der Waals surface area contributed by atoms with Gasteiger partial charge in [-0.25, -0.2) is 0 Å². The first-order valence-corrected chi connectivity index (χ1v) is 11.4. The average Bonchev–Trinajstić information content (AvgIpc) is 2.74. The minimum Gasteiger partial charge on any atom is -0.507 e. The maximum absolute atomic E-state index is 13.2. The molecule has 2 N–H and O–H groups in total. The second-order valence-corrected chi connectivity index (χ2v) is 9.92. The molecule has 2 aromatic rings. The summed E-state index contributed by atoms with van der Waals surface area (Å²) in [5.74, 6) is -0.669. The number of rotatable bonds is 6. The van der Waals surface area contributed by atoms with Crippen LogP contribution in [-0.4, -0.2) is 48.4 Å². The first-order chi connectivity index (χ1) is 15.7. The van der Waals surface area contributed by atoms with Crippen molar-refractivity contribution >= 4 is 29.1 Å². The van der Waals surface area contributed by atoms with E-state index in [9.17, 15) is 19.5 Å². The molecule has 7 heteroatoms. The maximum Gasteiger partial charge on any atom is 0.253 e. The highest BCUT2D eigenvalue weighted by Crippen LogP contribution is 2.35. The molecule has 0 aliphatic heterocycles. The lowest BCUT2D eigenvalue weighted by Crippen LogP contribution is -2.39. The number of phenolic OH excluding ortho intramolecular Hbond substituents is 1. The highest BCUT2D eigenvalue weighted by atomic mass is 16.3. The number of nitrogens with one attached hydrogen (secondary N) is 1. The zero-order valence-electron chi connectivity index (χ0n) is 21.8. The van der Waals surface area contributed by atoms with Crippen molar-refractivity contribution in [1.82, 2.24) is 4.90 Å². The molecule has 0 unspecified atom stereocenters. The van der Waals surface area contributed by atoms with Crippen LogP contribution in [0.2, 0.25) is 0 Å². The highest BCUT2D eigenvalue weighted by Gasteiger charge is 2.26. The Labute approximate surface area is 202 Å². The van der Waals surface area contributed by atoms with E-state index in [1.165, 1.54) is 9.80 Å². The van der Waals surface area contributed by atoms with Crippen LogP contribution in [0.5, 0.6) is 5.75 Å². The van der Waals surface area contributed by atoms with Crippen LogP contribution in [0, 0.1) is 20.8 Å². The Kier molecular flexibility index (Phi) is 8.14. The Morgan fingerprint density at radius 3 is 2.15 bits per heavy atom. The quantitative estimate of drug-likeness (QED) is 0.644. The van der Waals surface area contributed by atoms with E-state index in [1.807, 2.05) is 33.8 Å². The molecule has 0 aromatic heterocycles. The fourth-order valence-electron chi connectivity index (χ4n) is 4.09. The second kappa shape index (κ2) is 10.3. The molecule has 3 amide bonds. The number of amides is 3. The van der Waals surface area contributed by atoms with Crippen molar-refractivity contribution < 1.29 is 19.5 Å². The summed E-state index contributed by atoms with van der Waals surface area (Å²) in [6.07, 6.45) is 0.209. The smallest absolute Gasteiger partial charge is 0.253 e. The third-order valence-corrected chi connectivity index (χ3v) is 5.82. The van der Waals surface area contributed by atoms with Crippen LogP contribution in [0.4, 0.5) is 11.4 Å². The van der Waals surface area contributed by atoms with Gasteiger partial charge in [0.1, 0.15) is 12.3 Å². The van der Waals surface area contributed by atoms with E-state index in [0.717, 1.165) is 11.1 Å². The van der Waals surface area contributed by atoms with E-state index in [0.29, 0.717) is 28.1 Å². The van der Waals surface area contributed by atoms with Gasteiger partial charge in [-0.15, -0.1) is 0 Å². The Morgan fingerprint density at radius 1 is 1.00 bits per heavy atom. The van der Waals surface area contributed by atoms with Gasteiger partial charge < -0.3 is 20.2 Å². The van der Waals surface area contributed by atoms with Crippen LogP contribution < -0.4 is 10.2 Å². The first-order valence-electron chi connectivity index (χ1n) is 11.4. The number of carbonyl (C=O) groups excluding carboxylic acids is 3. The van der Waals surface area contributed by atoms with Gasteiger partial charge in [-0.3, -0.25) is 14.4 Å².